The molecule has 0 spiro atoms. The van der Waals surface area contributed by atoms with Gasteiger partial charge >= 0.3 is 0 Å². The largest absolute Gasteiger partial charge is 0.322 e. The van der Waals surface area contributed by atoms with E-state index in [1.54, 1.807) is 6.07 Å². The third-order valence-corrected chi connectivity index (χ3v) is 2.86. The molecule has 1 aromatic rings. The predicted octanol–water partition coefficient (Wildman–Crippen LogP) is 2.62. The van der Waals surface area contributed by atoms with Gasteiger partial charge in [0.1, 0.15) is 0 Å². The highest BCUT2D eigenvalue weighted by Gasteiger charge is 2.07. The lowest BCUT2D eigenvalue weighted by Gasteiger charge is -2.08. The van der Waals surface area contributed by atoms with Crippen molar-refractivity contribution in [1.29, 1.82) is 0 Å². The van der Waals surface area contributed by atoms with E-state index in [1.807, 2.05) is 13.8 Å². The maximum Gasteiger partial charge on any atom is 0.248 e. The van der Waals surface area contributed by atoms with E-state index in [0.29, 0.717) is 5.69 Å². The molecule has 104 valence electrons. The number of hydrogen-bond acceptors (Lipinski definition) is 3. The average Bonchev–Trinajstić information content (AvgIpc) is 2.19. The number of hydrogen-bond donors (Lipinski definition) is 2. The molecule has 0 unspecified atom stereocenters. The minimum Gasteiger partial charge on any atom is -0.322 e. The molecule has 1 amide bonds. The Morgan fingerprint density at radius 3 is 2.42 bits per heavy atom. The lowest BCUT2D eigenvalue weighted by molar-refractivity contribution is -0.111. The van der Waals surface area contributed by atoms with Crippen molar-refractivity contribution in [2.45, 2.75) is 13.8 Å². The number of benzene rings is 1. The molecule has 0 aromatic heterocycles. The first-order chi connectivity index (χ1) is 8.67. The van der Waals surface area contributed by atoms with Crippen molar-refractivity contribution in [2.24, 2.45) is 0 Å². The Bertz CT molecular complexity index is 620. The van der Waals surface area contributed by atoms with Crippen LogP contribution in [0.2, 0.25) is 5.02 Å². The minimum atomic E-state index is -3.38. The number of amides is 1. The second-order valence-corrected chi connectivity index (χ2v) is 6.44. The van der Waals surface area contributed by atoms with Gasteiger partial charge in [-0.2, -0.15) is 0 Å². The Kier molecular flexibility index (Phi) is 4.97. The summed E-state index contributed by atoms with van der Waals surface area (Å²) >= 11 is 5.93. The zero-order valence-corrected chi connectivity index (χ0v) is 12.4. The lowest BCUT2D eigenvalue weighted by atomic mass is 10.2. The summed E-state index contributed by atoms with van der Waals surface area (Å²) in [5.74, 6) is -0.264. The van der Waals surface area contributed by atoms with E-state index in [-0.39, 0.29) is 16.6 Å². The summed E-state index contributed by atoms with van der Waals surface area (Å²) in [5, 5.41) is 2.84. The second-order valence-electron chi connectivity index (χ2n) is 4.28. The third kappa shape index (κ3) is 5.76. The first-order valence-electron chi connectivity index (χ1n) is 5.40. The summed E-state index contributed by atoms with van der Waals surface area (Å²) in [6, 6.07) is 4.53. The molecule has 0 bridgehead atoms. The van der Waals surface area contributed by atoms with Gasteiger partial charge < -0.3 is 5.32 Å². The molecule has 2 N–H and O–H groups in total. The van der Waals surface area contributed by atoms with Crippen molar-refractivity contribution >= 4 is 38.9 Å². The smallest absolute Gasteiger partial charge is 0.248 e. The van der Waals surface area contributed by atoms with Gasteiger partial charge in [0.15, 0.2) is 0 Å². The third-order valence-electron chi connectivity index (χ3n) is 1.95. The molecule has 0 aliphatic heterocycles. The zero-order chi connectivity index (χ0) is 14.6. The van der Waals surface area contributed by atoms with Crippen LogP contribution in [0.15, 0.2) is 29.8 Å². The molecule has 0 saturated heterocycles. The molecule has 0 saturated carbocycles. The molecular weight excluding hydrogens is 288 g/mol. The number of halogens is 1. The van der Waals surface area contributed by atoms with Crippen LogP contribution >= 0.6 is 11.6 Å². The van der Waals surface area contributed by atoms with Crippen molar-refractivity contribution in [1.82, 2.24) is 0 Å². The molecule has 0 radical (unpaired) electrons. The van der Waals surface area contributed by atoms with Gasteiger partial charge in [0.05, 0.1) is 17.0 Å². The number of carbonyl (C=O) groups is 1. The standard InChI is InChI=1S/C12H15ClN2O3S/c1-8(2)6-12(16)14-9-4-5-11(10(13)7-9)15-19(3,17)18/h4-7,15H,1-3H3,(H,14,16). The van der Waals surface area contributed by atoms with Gasteiger partial charge in [0, 0.05) is 11.8 Å². The van der Waals surface area contributed by atoms with Gasteiger partial charge in [0.2, 0.25) is 15.9 Å². The highest BCUT2D eigenvalue weighted by molar-refractivity contribution is 7.92. The Balaban J connectivity index is 2.89. The van der Waals surface area contributed by atoms with Gasteiger partial charge in [-0.15, -0.1) is 0 Å². The number of nitrogens with one attached hydrogen (secondary N) is 2. The van der Waals surface area contributed by atoms with E-state index in [4.69, 9.17) is 11.6 Å². The van der Waals surface area contributed by atoms with Crippen LogP contribution < -0.4 is 10.0 Å². The van der Waals surface area contributed by atoms with Gasteiger partial charge in [-0.25, -0.2) is 8.42 Å². The van der Waals surface area contributed by atoms with Gasteiger partial charge in [0.25, 0.3) is 0 Å². The Morgan fingerprint density at radius 1 is 1.32 bits per heavy atom. The van der Waals surface area contributed by atoms with Crippen LogP contribution in [0.25, 0.3) is 0 Å². The topological polar surface area (TPSA) is 75.3 Å². The SMILES string of the molecule is CC(C)=CC(=O)Nc1ccc(NS(C)(=O)=O)c(Cl)c1. The molecule has 0 fully saturated rings. The fourth-order valence-electron chi connectivity index (χ4n) is 1.32. The summed E-state index contributed by atoms with van der Waals surface area (Å²) < 4.78 is 24.5. The summed E-state index contributed by atoms with van der Waals surface area (Å²) in [5.41, 5.74) is 1.63. The number of anilines is 2. The Morgan fingerprint density at radius 2 is 1.95 bits per heavy atom. The first-order valence-corrected chi connectivity index (χ1v) is 7.67. The monoisotopic (exact) mass is 302 g/mol. The van der Waals surface area contributed by atoms with Crippen LogP contribution in [0.1, 0.15) is 13.8 Å². The Labute approximate surface area is 117 Å². The van der Waals surface area contributed by atoms with Crippen molar-refractivity contribution in [3.05, 3.63) is 34.9 Å². The fraction of sp³-hybridized carbons (Fsp3) is 0.250. The molecule has 0 aliphatic rings. The molecule has 0 atom stereocenters. The number of allylic oxidation sites excluding steroid dienone is 1. The lowest BCUT2D eigenvalue weighted by Crippen LogP contribution is -2.11. The number of carbonyl (C=O) groups excluding carboxylic acids is 1. The predicted molar refractivity (Wildman–Crippen MR) is 78.0 cm³/mol. The summed E-state index contributed by atoms with van der Waals surface area (Å²) in [4.78, 5) is 11.5. The van der Waals surface area contributed by atoms with E-state index in [2.05, 4.69) is 10.0 Å². The molecule has 0 heterocycles. The molecular formula is C12H15ClN2O3S. The normalized spacial score (nSPS) is 10.7. The van der Waals surface area contributed by atoms with Crippen molar-refractivity contribution < 1.29 is 13.2 Å². The quantitative estimate of drug-likeness (QED) is 0.840. The summed E-state index contributed by atoms with van der Waals surface area (Å²) in [6.45, 7) is 3.62. The van der Waals surface area contributed by atoms with Crippen LogP contribution in [0.4, 0.5) is 11.4 Å². The maximum absolute atomic E-state index is 11.5. The molecule has 1 aromatic carbocycles. The van der Waals surface area contributed by atoms with Crippen molar-refractivity contribution in [2.75, 3.05) is 16.3 Å². The zero-order valence-electron chi connectivity index (χ0n) is 10.8. The molecule has 0 aliphatic carbocycles. The van der Waals surface area contributed by atoms with E-state index in [0.717, 1.165) is 11.8 Å². The molecule has 19 heavy (non-hydrogen) atoms. The van der Waals surface area contributed by atoms with Crippen LogP contribution in [0.5, 0.6) is 0 Å². The average molecular weight is 303 g/mol. The molecule has 1 rings (SSSR count). The second kappa shape index (κ2) is 6.08. The number of sulfonamides is 1. The maximum atomic E-state index is 11.5. The van der Waals surface area contributed by atoms with Crippen LogP contribution in [0, 0.1) is 0 Å². The Hall–Kier alpha value is -1.53. The fourth-order valence-corrected chi connectivity index (χ4v) is 2.18. The summed E-state index contributed by atoms with van der Waals surface area (Å²) in [6.07, 6.45) is 2.49. The van der Waals surface area contributed by atoms with E-state index >= 15 is 0 Å². The van der Waals surface area contributed by atoms with Crippen molar-refractivity contribution in [3.63, 3.8) is 0 Å². The first kappa shape index (κ1) is 15.5. The van der Waals surface area contributed by atoms with E-state index in [1.165, 1.54) is 18.2 Å². The van der Waals surface area contributed by atoms with Gasteiger partial charge in [-0.05, 0) is 32.0 Å². The van der Waals surface area contributed by atoms with E-state index in [9.17, 15) is 13.2 Å². The highest BCUT2D eigenvalue weighted by atomic mass is 35.5. The van der Waals surface area contributed by atoms with Gasteiger partial charge in [-0.3, -0.25) is 9.52 Å². The molecule has 7 heteroatoms. The van der Waals surface area contributed by atoms with E-state index < -0.39 is 10.0 Å². The highest BCUT2D eigenvalue weighted by Crippen LogP contribution is 2.26. The van der Waals surface area contributed by atoms with Crippen molar-refractivity contribution in [3.8, 4) is 0 Å². The molecule has 5 nitrogen and oxygen atoms in total. The van der Waals surface area contributed by atoms with Crippen LogP contribution in [-0.4, -0.2) is 20.6 Å². The number of rotatable bonds is 4. The van der Waals surface area contributed by atoms with Gasteiger partial charge in [-0.1, -0.05) is 17.2 Å². The van der Waals surface area contributed by atoms with Crippen LogP contribution in [0.3, 0.4) is 0 Å². The van der Waals surface area contributed by atoms with Crippen LogP contribution in [-0.2, 0) is 14.8 Å². The minimum absolute atomic E-state index is 0.209. The summed E-state index contributed by atoms with van der Waals surface area (Å²) in [7, 11) is -3.38.